The standard InChI is InChI=1S/C18H22N2OS/c21-18(7-6-15-9-11-22-14-15)19-12-16-8-10-20(13-16)17-4-2-1-3-5-17/h1-5,9,11,14,16H,6-8,10,12-13H2,(H,19,21)/t16-/m0/s1. The highest BCUT2D eigenvalue weighted by Gasteiger charge is 2.22. The summed E-state index contributed by atoms with van der Waals surface area (Å²) < 4.78 is 0. The van der Waals surface area contributed by atoms with E-state index in [9.17, 15) is 4.79 Å². The van der Waals surface area contributed by atoms with Crippen LogP contribution in [0.4, 0.5) is 5.69 Å². The van der Waals surface area contributed by atoms with Crippen molar-refractivity contribution >= 4 is 22.9 Å². The van der Waals surface area contributed by atoms with Crippen molar-refractivity contribution in [2.45, 2.75) is 19.3 Å². The van der Waals surface area contributed by atoms with Crippen molar-refractivity contribution in [1.82, 2.24) is 5.32 Å². The van der Waals surface area contributed by atoms with E-state index in [1.54, 1.807) is 11.3 Å². The van der Waals surface area contributed by atoms with Gasteiger partial charge in [0, 0.05) is 31.7 Å². The van der Waals surface area contributed by atoms with Crippen LogP contribution in [0.15, 0.2) is 47.2 Å². The van der Waals surface area contributed by atoms with Crippen LogP contribution in [-0.2, 0) is 11.2 Å². The summed E-state index contributed by atoms with van der Waals surface area (Å²) in [6.07, 6.45) is 2.59. The van der Waals surface area contributed by atoms with Crippen molar-refractivity contribution in [3.8, 4) is 0 Å². The molecule has 2 aromatic rings. The fourth-order valence-corrected chi connectivity index (χ4v) is 3.62. The number of carbonyl (C=O) groups excluding carboxylic acids is 1. The van der Waals surface area contributed by atoms with Crippen LogP contribution in [0.5, 0.6) is 0 Å². The molecule has 3 rings (SSSR count). The second kappa shape index (κ2) is 7.45. The number of carbonyl (C=O) groups is 1. The molecular weight excluding hydrogens is 292 g/mol. The largest absolute Gasteiger partial charge is 0.371 e. The fraction of sp³-hybridized carbons (Fsp3) is 0.389. The number of benzene rings is 1. The van der Waals surface area contributed by atoms with Gasteiger partial charge in [0.15, 0.2) is 0 Å². The molecule has 22 heavy (non-hydrogen) atoms. The zero-order valence-electron chi connectivity index (χ0n) is 12.7. The molecule has 0 radical (unpaired) electrons. The summed E-state index contributed by atoms with van der Waals surface area (Å²) in [7, 11) is 0. The maximum atomic E-state index is 11.9. The first-order valence-corrected chi connectivity index (χ1v) is 8.83. The summed E-state index contributed by atoms with van der Waals surface area (Å²) in [6, 6.07) is 12.6. The molecular formula is C18H22N2OS. The maximum absolute atomic E-state index is 11.9. The molecule has 0 saturated carbocycles. The van der Waals surface area contributed by atoms with Crippen LogP contribution in [-0.4, -0.2) is 25.5 Å². The Labute approximate surface area is 136 Å². The predicted molar refractivity (Wildman–Crippen MR) is 92.4 cm³/mol. The number of amides is 1. The number of nitrogens with one attached hydrogen (secondary N) is 1. The Morgan fingerprint density at radius 1 is 1.27 bits per heavy atom. The third-order valence-electron chi connectivity index (χ3n) is 4.22. The van der Waals surface area contributed by atoms with Gasteiger partial charge in [0.1, 0.15) is 0 Å². The lowest BCUT2D eigenvalue weighted by Crippen LogP contribution is -2.31. The first kappa shape index (κ1) is 15.1. The van der Waals surface area contributed by atoms with E-state index in [0.717, 1.165) is 32.5 Å². The summed E-state index contributed by atoms with van der Waals surface area (Å²) in [6.45, 7) is 2.92. The summed E-state index contributed by atoms with van der Waals surface area (Å²) in [5, 5.41) is 7.27. The maximum Gasteiger partial charge on any atom is 0.220 e. The number of rotatable bonds is 6. The van der Waals surface area contributed by atoms with Crippen LogP contribution < -0.4 is 10.2 Å². The van der Waals surface area contributed by atoms with Gasteiger partial charge in [-0.1, -0.05) is 18.2 Å². The highest BCUT2D eigenvalue weighted by molar-refractivity contribution is 7.07. The molecule has 3 nitrogen and oxygen atoms in total. The van der Waals surface area contributed by atoms with Crippen molar-refractivity contribution in [2.75, 3.05) is 24.5 Å². The van der Waals surface area contributed by atoms with E-state index in [-0.39, 0.29) is 5.91 Å². The Kier molecular flexibility index (Phi) is 5.11. The highest BCUT2D eigenvalue weighted by atomic mass is 32.1. The van der Waals surface area contributed by atoms with Gasteiger partial charge in [-0.3, -0.25) is 4.79 Å². The van der Waals surface area contributed by atoms with E-state index in [0.29, 0.717) is 12.3 Å². The lowest BCUT2D eigenvalue weighted by atomic mass is 10.1. The molecule has 1 atom stereocenters. The summed E-state index contributed by atoms with van der Waals surface area (Å²) in [4.78, 5) is 14.3. The number of anilines is 1. The van der Waals surface area contributed by atoms with Gasteiger partial charge in [-0.05, 0) is 53.3 Å². The van der Waals surface area contributed by atoms with Gasteiger partial charge in [0.2, 0.25) is 5.91 Å². The Balaban J connectivity index is 1.38. The molecule has 4 heteroatoms. The van der Waals surface area contributed by atoms with Crippen LogP contribution >= 0.6 is 11.3 Å². The van der Waals surface area contributed by atoms with Gasteiger partial charge in [-0.2, -0.15) is 11.3 Å². The Morgan fingerprint density at radius 2 is 2.14 bits per heavy atom. The molecule has 116 valence electrons. The average Bonchev–Trinajstić information content (AvgIpc) is 3.23. The monoisotopic (exact) mass is 314 g/mol. The minimum atomic E-state index is 0.171. The SMILES string of the molecule is O=C(CCc1ccsc1)NC[C@@H]1CCN(c2ccccc2)C1. The van der Waals surface area contributed by atoms with Crippen molar-refractivity contribution in [1.29, 1.82) is 0 Å². The summed E-state index contributed by atoms with van der Waals surface area (Å²) in [5.74, 6) is 0.731. The zero-order valence-corrected chi connectivity index (χ0v) is 13.5. The number of aryl methyl sites for hydroxylation is 1. The van der Waals surface area contributed by atoms with Gasteiger partial charge in [0.05, 0.1) is 0 Å². The first-order chi connectivity index (χ1) is 10.8. The number of hydrogen-bond donors (Lipinski definition) is 1. The first-order valence-electron chi connectivity index (χ1n) is 7.89. The molecule has 1 aromatic heterocycles. The third-order valence-corrected chi connectivity index (χ3v) is 4.95. The minimum Gasteiger partial charge on any atom is -0.371 e. The van der Waals surface area contributed by atoms with Crippen LogP contribution in [0.1, 0.15) is 18.4 Å². The molecule has 1 saturated heterocycles. The number of hydrogen-bond acceptors (Lipinski definition) is 3. The van der Waals surface area contributed by atoms with E-state index >= 15 is 0 Å². The van der Waals surface area contributed by atoms with Crippen LogP contribution in [0.25, 0.3) is 0 Å². The van der Waals surface area contributed by atoms with Gasteiger partial charge >= 0.3 is 0 Å². The van der Waals surface area contributed by atoms with Crippen LogP contribution in [0.2, 0.25) is 0 Å². The van der Waals surface area contributed by atoms with Crippen LogP contribution in [0.3, 0.4) is 0 Å². The van der Waals surface area contributed by atoms with Crippen molar-refractivity contribution in [3.63, 3.8) is 0 Å². The lowest BCUT2D eigenvalue weighted by molar-refractivity contribution is -0.121. The van der Waals surface area contributed by atoms with Gasteiger partial charge in [-0.25, -0.2) is 0 Å². The third kappa shape index (κ3) is 4.10. The molecule has 0 bridgehead atoms. The van der Waals surface area contributed by atoms with Crippen LogP contribution in [0, 0.1) is 5.92 Å². The Morgan fingerprint density at radius 3 is 2.91 bits per heavy atom. The highest BCUT2D eigenvalue weighted by Crippen LogP contribution is 2.22. The fourth-order valence-electron chi connectivity index (χ4n) is 2.91. The van der Waals surface area contributed by atoms with E-state index in [1.165, 1.54) is 11.3 Å². The van der Waals surface area contributed by atoms with E-state index < -0.39 is 0 Å². The topological polar surface area (TPSA) is 32.3 Å². The van der Waals surface area contributed by atoms with E-state index in [1.807, 2.05) is 6.07 Å². The predicted octanol–water partition coefficient (Wildman–Crippen LogP) is 3.32. The van der Waals surface area contributed by atoms with Gasteiger partial charge in [-0.15, -0.1) is 0 Å². The van der Waals surface area contributed by atoms with Crippen molar-refractivity contribution in [3.05, 3.63) is 52.7 Å². The van der Waals surface area contributed by atoms with Crippen molar-refractivity contribution < 1.29 is 4.79 Å². The van der Waals surface area contributed by atoms with E-state index in [4.69, 9.17) is 0 Å². The molecule has 1 amide bonds. The molecule has 1 N–H and O–H groups in total. The molecule has 1 fully saturated rings. The molecule has 0 aliphatic carbocycles. The zero-order chi connectivity index (χ0) is 15.2. The normalized spacial score (nSPS) is 17.6. The summed E-state index contributed by atoms with van der Waals surface area (Å²) in [5.41, 5.74) is 2.55. The molecule has 1 aromatic carbocycles. The summed E-state index contributed by atoms with van der Waals surface area (Å²) >= 11 is 1.69. The van der Waals surface area contributed by atoms with Gasteiger partial charge < -0.3 is 10.2 Å². The van der Waals surface area contributed by atoms with Crippen molar-refractivity contribution in [2.24, 2.45) is 5.92 Å². The second-order valence-corrected chi connectivity index (χ2v) is 6.65. The lowest BCUT2D eigenvalue weighted by Gasteiger charge is -2.18. The molecule has 0 unspecified atom stereocenters. The number of nitrogens with zero attached hydrogens (tertiary/aromatic N) is 1. The molecule has 2 heterocycles. The number of thiophene rings is 1. The minimum absolute atomic E-state index is 0.171. The Bertz CT molecular complexity index is 582. The smallest absolute Gasteiger partial charge is 0.220 e. The molecule has 1 aliphatic rings. The van der Waals surface area contributed by atoms with Gasteiger partial charge in [0.25, 0.3) is 0 Å². The Hall–Kier alpha value is -1.81. The molecule has 0 spiro atoms. The quantitative estimate of drug-likeness (QED) is 0.887. The average molecular weight is 314 g/mol. The van der Waals surface area contributed by atoms with E-state index in [2.05, 4.69) is 51.3 Å². The molecule has 1 aliphatic heterocycles. The second-order valence-electron chi connectivity index (χ2n) is 5.87. The number of para-hydroxylation sites is 1.